The van der Waals surface area contributed by atoms with Crippen molar-refractivity contribution in [2.45, 2.75) is 13.0 Å². The van der Waals surface area contributed by atoms with Gasteiger partial charge in [0.25, 0.3) is 5.91 Å². The molecular formula is C22H20FN7O5. The first-order valence-electron chi connectivity index (χ1n) is 10.3. The lowest BCUT2D eigenvalue weighted by Gasteiger charge is -2.14. The van der Waals surface area contributed by atoms with Crippen LogP contribution in [-0.2, 0) is 9.53 Å². The standard InChI is InChI=1S/C22H20FN7O5/c1-12(31)25-8-15-9-30(22(34)35-15)14-3-4-18(16(23)6-14)29-10-17(27-11-29)21(33)28-19-5-2-13(7-26-19)20(24)32/h2-7,10-11,15H,8-9H2,1H3,(H2,24,32)(H,25,31)(H,26,28,33). The minimum absolute atomic E-state index is 0.00168. The average molecular weight is 481 g/mol. The maximum atomic E-state index is 14.9. The van der Waals surface area contributed by atoms with Crippen LogP contribution in [0.3, 0.4) is 0 Å². The van der Waals surface area contributed by atoms with Gasteiger partial charge >= 0.3 is 6.09 Å². The van der Waals surface area contributed by atoms with Crippen LogP contribution in [-0.4, -0.2) is 57.5 Å². The number of amides is 4. The van der Waals surface area contributed by atoms with E-state index in [1.54, 1.807) is 0 Å². The van der Waals surface area contributed by atoms with Crippen LogP contribution in [0.5, 0.6) is 0 Å². The molecule has 35 heavy (non-hydrogen) atoms. The first kappa shape index (κ1) is 23.4. The van der Waals surface area contributed by atoms with Gasteiger partial charge in [0, 0.05) is 19.3 Å². The fraction of sp³-hybridized carbons (Fsp3) is 0.182. The second-order valence-corrected chi connectivity index (χ2v) is 7.61. The monoisotopic (exact) mass is 481 g/mol. The first-order valence-corrected chi connectivity index (χ1v) is 10.3. The second-order valence-electron chi connectivity index (χ2n) is 7.61. The number of halogens is 1. The molecule has 13 heteroatoms. The van der Waals surface area contributed by atoms with Gasteiger partial charge in [0.05, 0.1) is 30.0 Å². The number of anilines is 2. The van der Waals surface area contributed by atoms with E-state index in [2.05, 4.69) is 20.6 Å². The van der Waals surface area contributed by atoms with Gasteiger partial charge in [-0.1, -0.05) is 0 Å². The summed E-state index contributed by atoms with van der Waals surface area (Å²) in [5, 5.41) is 5.09. The fourth-order valence-electron chi connectivity index (χ4n) is 3.34. The summed E-state index contributed by atoms with van der Waals surface area (Å²) in [6.07, 6.45) is 2.63. The van der Waals surface area contributed by atoms with Crippen molar-refractivity contribution in [2.24, 2.45) is 5.73 Å². The van der Waals surface area contributed by atoms with Gasteiger partial charge in [-0.2, -0.15) is 0 Å². The summed E-state index contributed by atoms with van der Waals surface area (Å²) in [5.41, 5.74) is 5.73. The molecule has 0 saturated carbocycles. The van der Waals surface area contributed by atoms with E-state index in [0.717, 1.165) is 0 Å². The molecule has 3 heterocycles. The summed E-state index contributed by atoms with van der Waals surface area (Å²) >= 11 is 0. The molecule has 12 nitrogen and oxygen atoms in total. The number of carbonyl (C=O) groups is 4. The van der Waals surface area contributed by atoms with E-state index in [-0.39, 0.29) is 47.4 Å². The predicted molar refractivity (Wildman–Crippen MR) is 121 cm³/mol. The van der Waals surface area contributed by atoms with E-state index >= 15 is 0 Å². The maximum absolute atomic E-state index is 14.9. The smallest absolute Gasteiger partial charge is 0.414 e. The molecule has 1 fully saturated rings. The van der Waals surface area contributed by atoms with Crippen molar-refractivity contribution in [1.82, 2.24) is 19.9 Å². The molecule has 1 aliphatic rings. The van der Waals surface area contributed by atoms with Crippen LogP contribution in [0.2, 0.25) is 0 Å². The van der Waals surface area contributed by atoms with Gasteiger partial charge in [-0.25, -0.2) is 19.2 Å². The van der Waals surface area contributed by atoms with E-state index in [1.165, 1.54) is 65.4 Å². The Labute approximate surface area is 197 Å². The number of primary amides is 1. The van der Waals surface area contributed by atoms with Crippen LogP contribution in [0.25, 0.3) is 5.69 Å². The largest absolute Gasteiger partial charge is 0.442 e. The maximum Gasteiger partial charge on any atom is 0.414 e. The highest BCUT2D eigenvalue weighted by Crippen LogP contribution is 2.25. The van der Waals surface area contributed by atoms with Crippen LogP contribution in [0.1, 0.15) is 27.8 Å². The Bertz CT molecular complexity index is 1310. The SMILES string of the molecule is CC(=O)NCC1CN(c2ccc(-n3cnc(C(=O)Nc4ccc(C(N)=O)cn4)c3)c(F)c2)C(=O)O1. The molecule has 1 unspecified atom stereocenters. The lowest BCUT2D eigenvalue weighted by molar-refractivity contribution is -0.119. The lowest BCUT2D eigenvalue weighted by atomic mass is 10.2. The van der Waals surface area contributed by atoms with Crippen molar-refractivity contribution >= 4 is 35.3 Å². The van der Waals surface area contributed by atoms with Crippen molar-refractivity contribution in [3.05, 3.63) is 66.1 Å². The summed E-state index contributed by atoms with van der Waals surface area (Å²) in [7, 11) is 0. The first-order chi connectivity index (χ1) is 16.7. The van der Waals surface area contributed by atoms with Gasteiger partial charge in [0.1, 0.15) is 29.8 Å². The van der Waals surface area contributed by atoms with E-state index in [0.29, 0.717) is 0 Å². The molecule has 0 radical (unpaired) electrons. The topological polar surface area (TPSA) is 162 Å². The summed E-state index contributed by atoms with van der Waals surface area (Å²) in [6.45, 7) is 1.66. The van der Waals surface area contributed by atoms with Crippen LogP contribution in [0.4, 0.5) is 20.7 Å². The number of pyridine rings is 1. The Kier molecular flexibility index (Phi) is 6.40. The van der Waals surface area contributed by atoms with Crippen LogP contribution in [0.15, 0.2) is 49.1 Å². The minimum Gasteiger partial charge on any atom is -0.442 e. The van der Waals surface area contributed by atoms with Gasteiger partial charge in [-0.15, -0.1) is 0 Å². The molecule has 4 rings (SSSR count). The summed E-state index contributed by atoms with van der Waals surface area (Å²) < 4.78 is 21.4. The highest BCUT2D eigenvalue weighted by molar-refractivity contribution is 6.02. The predicted octanol–water partition coefficient (Wildman–Crippen LogP) is 1.22. The third kappa shape index (κ3) is 5.24. The van der Waals surface area contributed by atoms with Gasteiger partial charge in [0.15, 0.2) is 0 Å². The Hall–Kier alpha value is -4.81. The normalized spacial score (nSPS) is 15.0. The molecule has 1 saturated heterocycles. The molecule has 180 valence electrons. The van der Waals surface area contributed by atoms with Crippen LogP contribution < -0.4 is 21.3 Å². The van der Waals surface area contributed by atoms with Gasteiger partial charge < -0.3 is 25.7 Å². The lowest BCUT2D eigenvalue weighted by Crippen LogP contribution is -2.33. The van der Waals surface area contributed by atoms with Crippen LogP contribution in [0, 0.1) is 5.82 Å². The summed E-state index contributed by atoms with van der Waals surface area (Å²) in [5.74, 6) is -1.97. The van der Waals surface area contributed by atoms with E-state index in [1.807, 2.05) is 0 Å². The second kappa shape index (κ2) is 9.59. The molecule has 0 spiro atoms. The zero-order valence-electron chi connectivity index (χ0n) is 18.4. The quantitative estimate of drug-likeness (QED) is 0.457. The third-order valence-corrected chi connectivity index (χ3v) is 5.08. The molecule has 4 amide bonds. The average Bonchev–Trinajstić information content (AvgIpc) is 3.45. The Balaban J connectivity index is 1.44. The van der Waals surface area contributed by atoms with Gasteiger partial charge in [-0.3, -0.25) is 19.3 Å². The Morgan fingerprint density at radius 3 is 2.69 bits per heavy atom. The molecule has 1 atom stereocenters. The highest BCUT2D eigenvalue weighted by atomic mass is 19.1. The number of nitrogens with two attached hydrogens (primary N) is 1. The molecule has 0 bridgehead atoms. The van der Waals surface area contributed by atoms with Crippen molar-refractivity contribution in [3.8, 4) is 5.69 Å². The molecule has 1 aliphatic heterocycles. The van der Waals surface area contributed by atoms with Gasteiger partial charge in [-0.05, 0) is 30.3 Å². The van der Waals surface area contributed by atoms with E-state index in [9.17, 15) is 23.6 Å². The van der Waals surface area contributed by atoms with Crippen molar-refractivity contribution in [1.29, 1.82) is 0 Å². The number of cyclic esters (lactones) is 1. The number of nitrogens with zero attached hydrogens (tertiary/aromatic N) is 4. The van der Waals surface area contributed by atoms with E-state index in [4.69, 9.17) is 10.5 Å². The van der Waals surface area contributed by atoms with Crippen LogP contribution >= 0.6 is 0 Å². The fourth-order valence-corrected chi connectivity index (χ4v) is 3.34. The number of benzene rings is 1. The number of rotatable bonds is 7. The number of nitrogens with one attached hydrogen (secondary N) is 2. The Morgan fingerprint density at radius 2 is 2.03 bits per heavy atom. The van der Waals surface area contributed by atoms with Crippen molar-refractivity contribution in [3.63, 3.8) is 0 Å². The number of aromatic nitrogens is 3. The number of ether oxygens (including phenoxy) is 1. The van der Waals surface area contributed by atoms with Crippen molar-refractivity contribution in [2.75, 3.05) is 23.3 Å². The Morgan fingerprint density at radius 1 is 1.23 bits per heavy atom. The summed E-state index contributed by atoms with van der Waals surface area (Å²) in [4.78, 5) is 56.0. The molecule has 4 N–H and O–H groups in total. The number of carbonyl (C=O) groups excluding carboxylic acids is 4. The molecule has 3 aromatic rings. The molecule has 2 aromatic heterocycles. The van der Waals surface area contributed by atoms with Gasteiger partial charge in [0.2, 0.25) is 11.8 Å². The minimum atomic E-state index is -0.659. The molecule has 0 aliphatic carbocycles. The zero-order chi connectivity index (χ0) is 25.1. The van der Waals surface area contributed by atoms with E-state index < -0.39 is 29.8 Å². The molecule has 1 aromatic carbocycles. The third-order valence-electron chi connectivity index (χ3n) is 5.08. The highest BCUT2D eigenvalue weighted by Gasteiger charge is 2.32. The molecular weight excluding hydrogens is 461 g/mol. The number of hydrogen-bond acceptors (Lipinski definition) is 7. The summed E-state index contributed by atoms with van der Waals surface area (Å²) in [6, 6.07) is 6.97. The number of imidazole rings is 1. The van der Waals surface area contributed by atoms with Crippen molar-refractivity contribution < 1.29 is 28.3 Å². The number of hydrogen-bond donors (Lipinski definition) is 3. The zero-order valence-corrected chi connectivity index (χ0v) is 18.4.